The second-order valence-corrected chi connectivity index (χ2v) is 5.35. The molecule has 0 amide bonds. The van der Waals surface area contributed by atoms with Gasteiger partial charge in [-0.25, -0.2) is 0 Å². The van der Waals surface area contributed by atoms with Crippen LogP contribution >= 0.6 is 12.4 Å². The van der Waals surface area contributed by atoms with Crippen LogP contribution in [0.2, 0.25) is 0 Å². The molecule has 0 saturated carbocycles. The van der Waals surface area contributed by atoms with Gasteiger partial charge in [0.2, 0.25) is 0 Å². The van der Waals surface area contributed by atoms with Crippen molar-refractivity contribution in [3.8, 4) is 5.75 Å². The number of ether oxygens (including phenoxy) is 1. The highest BCUT2D eigenvalue weighted by molar-refractivity contribution is 5.85. The van der Waals surface area contributed by atoms with E-state index in [0.717, 1.165) is 31.4 Å². The van der Waals surface area contributed by atoms with Crippen molar-refractivity contribution in [2.45, 2.75) is 26.3 Å². The number of rotatable bonds is 6. The Morgan fingerprint density at radius 2 is 1.85 bits per heavy atom. The first-order chi connectivity index (χ1) is 9.31. The number of benzene rings is 1. The maximum absolute atomic E-state index is 5.47. The second-order valence-electron chi connectivity index (χ2n) is 5.35. The summed E-state index contributed by atoms with van der Waals surface area (Å²) in [6.45, 7) is 7.43. The summed E-state index contributed by atoms with van der Waals surface area (Å²) in [5.74, 6) is 1.83. The smallest absolute Gasteiger partial charge is 0.119 e. The minimum Gasteiger partial charge on any atom is -0.494 e. The molecule has 0 unspecified atom stereocenters. The highest BCUT2D eigenvalue weighted by Crippen LogP contribution is 2.19. The zero-order valence-electron chi connectivity index (χ0n) is 12.6. The Morgan fingerprint density at radius 1 is 1.20 bits per heavy atom. The molecule has 1 saturated heterocycles. The summed E-state index contributed by atoms with van der Waals surface area (Å²) in [7, 11) is 2.05. The number of nitrogens with one attached hydrogen (secondary N) is 1. The first-order valence-corrected chi connectivity index (χ1v) is 7.40. The molecule has 2 rings (SSSR count). The number of piperidine rings is 1. The molecule has 0 aromatic heterocycles. The molecular weight excluding hydrogens is 272 g/mol. The summed E-state index contributed by atoms with van der Waals surface area (Å²) in [5.41, 5.74) is 1.38. The molecule has 1 aromatic rings. The normalized spacial score (nSPS) is 16.7. The van der Waals surface area contributed by atoms with Crippen molar-refractivity contribution in [3.05, 3.63) is 29.8 Å². The minimum absolute atomic E-state index is 0. The van der Waals surface area contributed by atoms with E-state index in [1.165, 1.54) is 31.5 Å². The van der Waals surface area contributed by atoms with Gasteiger partial charge < -0.3 is 10.1 Å². The fraction of sp³-hybridized carbons (Fsp3) is 0.625. The topological polar surface area (TPSA) is 24.5 Å². The fourth-order valence-electron chi connectivity index (χ4n) is 2.75. The zero-order chi connectivity index (χ0) is 13.5. The van der Waals surface area contributed by atoms with Crippen LogP contribution < -0.4 is 10.1 Å². The summed E-state index contributed by atoms with van der Waals surface area (Å²) in [6.07, 6.45) is 2.63. The molecule has 1 aliphatic heterocycles. The van der Waals surface area contributed by atoms with Gasteiger partial charge in [-0.2, -0.15) is 0 Å². The van der Waals surface area contributed by atoms with E-state index in [0.29, 0.717) is 0 Å². The van der Waals surface area contributed by atoms with Crippen molar-refractivity contribution in [2.75, 3.05) is 33.3 Å². The van der Waals surface area contributed by atoms with E-state index in [1.54, 1.807) is 0 Å². The van der Waals surface area contributed by atoms with Crippen LogP contribution in [0.4, 0.5) is 0 Å². The quantitative estimate of drug-likeness (QED) is 0.874. The summed E-state index contributed by atoms with van der Waals surface area (Å²) in [5, 5.41) is 3.29. The number of hydrogen-bond donors (Lipinski definition) is 1. The third-order valence-electron chi connectivity index (χ3n) is 3.84. The molecule has 0 bridgehead atoms. The van der Waals surface area contributed by atoms with Gasteiger partial charge in [0.15, 0.2) is 0 Å². The van der Waals surface area contributed by atoms with E-state index < -0.39 is 0 Å². The molecule has 3 nitrogen and oxygen atoms in total. The van der Waals surface area contributed by atoms with Crippen molar-refractivity contribution in [2.24, 2.45) is 5.92 Å². The van der Waals surface area contributed by atoms with Crippen LogP contribution in [0.15, 0.2) is 24.3 Å². The predicted molar refractivity (Wildman–Crippen MR) is 86.8 cm³/mol. The molecule has 1 heterocycles. The number of hydrogen-bond acceptors (Lipinski definition) is 3. The first kappa shape index (κ1) is 17.3. The number of halogens is 1. The summed E-state index contributed by atoms with van der Waals surface area (Å²) in [4.78, 5) is 2.56. The molecule has 1 aromatic carbocycles. The van der Waals surface area contributed by atoms with Gasteiger partial charge >= 0.3 is 0 Å². The van der Waals surface area contributed by atoms with Gasteiger partial charge in [0.25, 0.3) is 0 Å². The van der Waals surface area contributed by atoms with Gasteiger partial charge in [0, 0.05) is 6.54 Å². The SMILES string of the molecule is CCOc1ccc(CN2CCC(CNC)CC2)cc1.Cl. The third kappa shape index (κ3) is 5.31. The van der Waals surface area contributed by atoms with E-state index in [4.69, 9.17) is 4.74 Å². The van der Waals surface area contributed by atoms with Crippen molar-refractivity contribution in [1.82, 2.24) is 10.2 Å². The minimum atomic E-state index is 0. The third-order valence-corrected chi connectivity index (χ3v) is 3.84. The van der Waals surface area contributed by atoms with Crippen LogP contribution in [-0.4, -0.2) is 38.2 Å². The van der Waals surface area contributed by atoms with E-state index in [1.807, 2.05) is 14.0 Å². The van der Waals surface area contributed by atoms with Crippen LogP contribution in [0, 0.1) is 5.92 Å². The molecular formula is C16H27ClN2O. The lowest BCUT2D eigenvalue weighted by Gasteiger charge is -2.31. The first-order valence-electron chi connectivity index (χ1n) is 7.40. The predicted octanol–water partition coefficient (Wildman–Crippen LogP) is 2.94. The zero-order valence-corrected chi connectivity index (χ0v) is 13.4. The average Bonchev–Trinajstić information content (AvgIpc) is 2.44. The maximum Gasteiger partial charge on any atom is 0.119 e. The maximum atomic E-state index is 5.47. The fourth-order valence-corrected chi connectivity index (χ4v) is 2.75. The highest BCUT2D eigenvalue weighted by atomic mass is 35.5. The van der Waals surface area contributed by atoms with Crippen LogP contribution in [-0.2, 0) is 6.54 Å². The van der Waals surface area contributed by atoms with Crippen molar-refractivity contribution in [3.63, 3.8) is 0 Å². The number of likely N-dealkylation sites (tertiary alicyclic amines) is 1. The summed E-state index contributed by atoms with van der Waals surface area (Å²) >= 11 is 0. The van der Waals surface area contributed by atoms with E-state index in [9.17, 15) is 0 Å². The Balaban J connectivity index is 0.00000200. The second kappa shape index (κ2) is 9.22. The van der Waals surface area contributed by atoms with Gasteiger partial charge in [0.05, 0.1) is 6.61 Å². The molecule has 0 spiro atoms. The van der Waals surface area contributed by atoms with Crippen LogP contribution in [0.3, 0.4) is 0 Å². The Hall–Kier alpha value is -0.770. The molecule has 4 heteroatoms. The lowest BCUT2D eigenvalue weighted by molar-refractivity contribution is 0.176. The Labute approximate surface area is 129 Å². The largest absolute Gasteiger partial charge is 0.494 e. The molecule has 1 fully saturated rings. The van der Waals surface area contributed by atoms with Gasteiger partial charge in [-0.15, -0.1) is 12.4 Å². The number of nitrogens with zero attached hydrogens (tertiary/aromatic N) is 1. The summed E-state index contributed by atoms with van der Waals surface area (Å²) in [6, 6.07) is 8.52. The monoisotopic (exact) mass is 298 g/mol. The van der Waals surface area contributed by atoms with Crippen molar-refractivity contribution in [1.29, 1.82) is 0 Å². The molecule has 20 heavy (non-hydrogen) atoms. The highest BCUT2D eigenvalue weighted by Gasteiger charge is 2.18. The van der Waals surface area contributed by atoms with Gasteiger partial charge in [-0.1, -0.05) is 12.1 Å². The van der Waals surface area contributed by atoms with E-state index in [-0.39, 0.29) is 12.4 Å². The Morgan fingerprint density at radius 3 is 2.40 bits per heavy atom. The van der Waals surface area contributed by atoms with Gasteiger partial charge in [0.1, 0.15) is 5.75 Å². The lowest BCUT2D eigenvalue weighted by Crippen LogP contribution is -2.36. The van der Waals surface area contributed by atoms with E-state index >= 15 is 0 Å². The Bertz CT molecular complexity index is 361. The van der Waals surface area contributed by atoms with Crippen molar-refractivity contribution >= 4 is 12.4 Å². The summed E-state index contributed by atoms with van der Waals surface area (Å²) < 4.78 is 5.47. The molecule has 0 atom stereocenters. The molecule has 0 radical (unpaired) electrons. The average molecular weight is 299 g/mol. The van der Waals surface area contributed by atoms with Crippen LogP contribution in [0.1, 0.15) is 25.3 Å². The standard InChI is InChI=1S/C16H26N2O.ClH/c1-3-19-16-6-4-15(5-7-16)13-18-10-8-14(9-11-18)12-17-2;/h4-7,14,17H,3,8-13H2,1-2H3;1H. The molecule has 1 aliphatic rings. The molecule has 114 valence electrons. The van der Waals surface area contributed by atoms with Crippen LogP contribution in [0.5, 0.6) is 5.75 Å². The molecule has 1 N–H and O–H groups in total. The van der Waals surface area contributed by atoms with Crippen molar-refractivity contribution < 1.29 is 4.74 Å². The lowest BCUT2D eigenvalue weighted by atomic mass is 9.96. The Kier molecular flexibility index (Phi) is 7.97. The van der Waals surface area contributed by atoms with Gasteiger partial charge in [-0.3, -0.25) is 4.90 Å². The van der Waals surface area contributed by atoms with Crippen LogP contribution in [0.25, 0.3) is 0 Å². The van der Waals surface area contributed by atoms with E-state index in [2.05, 4.69) is 34.5 Å². The molecule has 0 aliphatic carbocycles. The van der Waals surface area contributed by atoms with Gasteiger partial charge in [-0.05, 0) is 70.1 Å².